The van der Waals surface area contributed by atoms with E-state index in [9.17, 15) is 0 Å². The quantitative estimate of drug-likeness (QED) is 0.515. The first-order valence-corrected chi connectivity index (χ1v) is 4.98. The summed E-state index contributed by atoms with van der Waals surface area (Å²) in [5.41, 5.74) is 10.6. The van der Waals surface area contributed by atoms with Crippen LogP contribution in [0.25, 0.3) is 0 Å². The third-order valence-corrected chi connectivity index (χ3v) is 3.27. The fourth-order valence-electron chi connectivity index (χ4n) is 0.707. The molecule has 5 N–H and O–H groups in total. The Morgan fingerprint density at radius 3 is 2.69 bits per heavy atom. The summed E-state index contributed by atoms with van der Waals surface area (Å²) < 4.78 is 0. The number of halogens is 2. The monoisotopic (exact) mass is 350 g/mol. The van der Waals surface area contributed by atoms with Crippen molar-refractivity contribution in [1.29, 1.82) is 5.41 Å². The lowest BCUT2D eigenvalue weighted by Crippen LogP contribution is -2.13. The van der Waals surface area contributed by atoms with Crippen LogP contribution in [0, 0.1) is 5.41 Å². The highest BCUT2D eigenvalue weighted by atomic mass is 79.9. The predicted octanol–water partition coefficient (Wildman–Crippen LogP) is 1.20. The fourth-order valence-corrected chi connectivity index (χ4v) is 2.29. The molecule has 0 aromatic rings. The summed E-state index contributed by atoms with van der Waals surface area (Å²) in [5.74, 6) is 0.824. The molecule has 0 aliphatic carbocycles. The van der Waals surface area contributed by atoms with E-state index in [4.69, 9.17) is 16.9 Å². The van der Waals surface area contributed by atoms with Gasteiger partial charge in [0, 0.05) is 11.0 Å². The number of hydrogen-bond donors (Lipinski definition) is 3. The summed E-state index contributed by atoms with van der Waals surface area (Å²) in [6, 6.07) is 0. The van der Waals surface area contributed by atoms with Crippen LogP contribution in [0.5, 0.6) is 0 Å². The van der Waals surface area contributed by atoms with E-state index in [0.717, 1.165) is 12.3 Å². The van der Waals surface area contributed by atoms with Gasteiger partial charge < -0.3 is 11.5 Å². The van der Waals surface area contributed by atoms with Gasteiger partial charge in [-0.1, -0.05) is 23.5 Å². The minimum Gasteiger partial charge on any atom is -0.379 e. The Bertz CT molecular complexity index is 199. The van der Waals surface area contributed by atoms with E-state index >= 15 is 0 Å². The van der Waals surface area contributed by atoms with Gasteiger partial charge in [0.2, 0.25) is 0 Å². The molecular weight excluding hydrogens is 340 g/mol. The summed E-state index contributed by atoms with van der Waals surface area (Å²) in [7, 11) is 0. The zero-order chi connectivity index (χ0) is 8.27. The van der Waals surface area contributed by atoms with E-state index in [0.29, 0.717) is 10.4 Å². The van der Waals surface area contributed by atoms with E-state index in [1.165, 1.54) is 11.8 Å². The molecule has 0 saturated carbocycles. The molecule has 0 spiro atoms. The fraction of sp³-hybridized carbons (Fsp3) is 0.600. The lowest BCUT2D eigenvalue weighted by Gasteiger charge is -2.04. The maximum Gasteiger partial charge on any atom is 0.154 e. The van der Waals surface area contributed by atoms with E-state index < -0.39 is 0 Å². The van der Waals surface area contributed by atoms with Gasteiger partial charge in [-0.05, 0) is 0 Å². The lowest BCUT2D eigenvalue weighted by molar-refractivity contribution is 0.988. The molecule has 1 aliphatic rings. The summed E-state index contributed by atoms with van der Waals surface area (Å²) in [6.45, 7) is 0.761. The Balaban J connectivity index is 0. The third kappa shape index (κ3) is 6.64. The molecule has 0 fully saturated rings. The van der Waals surface area contributed by atoms with Gasteiger partial charge >= 0.3 is 0 Å². The molecule has 1 aliphatic heterocycles. The third-order valence-electron chi connectivity index (χ3n) is 1.16. The Morgan fingerprint density at radius 1 is 1.69 bits per heavy atom. The van der Waals surface area contributed by atoms with Crippen molar-refractivity contribution >= 4 is 67.8 Å². The maximum absolute atomic E-state index is 6.97. The Morgan fingerprint density at radius 2 is 2.31 bits per heavy atom. The number of rotatable bonds is 2. The van der Waals surface area contributed by atoms with Gasteiger partial charge in [-0.25, -0.2) is 0 Å². The van der Waals surface area contributed by atoms with Crippen LogP contribution in [0.4, 0.5) is 0 Å². The first kappa shape index (κ1) is 16.0. The zero-order valence-corrected chi connectivity index (χ0v) is 11.8. The van der Waals surface area contributed by atoms with Crippen LogP contribution in [-0.2, 0) is 0 Å². The molecule has 8 heteroatoms. The Labute approximate surface area is 107 Å². The average molecular weight is 352 g/mol. The van der Waals surface area contributed by atoms with Crippen molar-refractivity contribution in [3.8, 4) is 0 Å². The van der Waals surface area contributed by atoms with Crippen molar-refractivity contribution in [3.05, 3.63) is 0 Å². The topological polar surface area (TPSA) is 88.2 Å². The van der Waals surface area contributed by atoms with Gasteiger partial charge in [-0.3, -0.25) is 10.4 Å². The molecule has 4 nitrogen and oxygen atoms in total. The standard InChI is InChI=1S/C5H10N4S2.2BrH/c6-4(7)10-2-3-1-9-5(8)11-3;;/h3H,1-2H2,(H3,6,7)(H2,8,9);2*1H. The van der Waals surface area contributed by atoms with Crippen LogP contribution in [0.3, 0.4) is 0 Å². The minimum atomic E-state index is 0. The number of amidine groups is 2. The molecule has 0 saturated heterocycles. The molecule has 1 atom stereocenters. The maximum atomic E-state index is 6.97. The Hall–Kier alpha value is 0.600. The van der Waals surface area contributed by atoms with Gasteiger partial charge in [0.1, 0.15) is 0 Å². The predicted molar refractivity (Wildman–Crippen MR) is 72.9 cm³/mol. The highest BCUT2D eigenvalue weighted by molar-refractivity contribution is 8.93. The normalized spacial score (nSPS) is 19.7. The second kappa shape index (κ2) is 7.95. The van der Waals surface area contributed by atoms with Gasteiger partial charge in [-0.2, -0.15) is 0 Å². The molecule has 1 unspecified atom stereocenters. The molecule has 0 aromatic heterocycles. The van der Waals surface area contributed by atoms with Crippen molar-refractivity contribution < 1.29 is 0 Å². The van der Waals surface area contributed by atoms with Gasteiger partial charge in [0.25, 0.3) is 0 Å². The highest BCUT2D eigenvalue weighted by Gasteiger charge is 2.17. The molecule has 0 aromatic carbocycles. The van der Waals surface area contributed by atoms with Crippen molar-refractivity contribution in [2.75, 3.05) is 12.3 Å². The van der Waals surface area contributed by atoms with E-state index in [1.54, 1.807) is 11.8 Å². The van der Waals surface area contributed by atoms with Gasteiger partial charge in [0.15, 0.2) is 10.3 Å². The van der Waals surface area contributed by atoms with E-state index in [2.05, 4.69) is 4.99 Å². The number of aliphatic imine (C=N–C) groups is 1. The van der Waals surface area contributed by atoms with Crippen molar-refractivity contribution in [2.45, 2.75) is 5.25 Å². The van der Waals surface area contributed by atoms with E-state index in [-0.39, 0.29) is 39.1 Å². The average Bonchev–Trinajstić information content (AvgIpc) is 2.31. The largest absolute Gasteiger partial charge is 0.379 e. The summed E-state index contributed by atoms with van der Waals surface area (Å²) in [5, 5.41) is 8.19. The van der Waals surface area contributed by atoms with Crippen LogP contribution in [0.1, 0.15) is 0 Å². The summed E-state index contributed by atoms with van der Waals surface area (Å²) in [6.07, 6.45) is 0. The van der Waals surface area contributed by atoms with Crippen LogP contribution in [0.2, 0.25) is 0 Å². The molecule has 0 amide bonds. The van der Waals surface area contributed by atoms with Crippen LogP contribution in [0.15, 0.2) is 4.99 Å². The Kier molecular flexibility index (Phi) is 9.82. The van der Waals surface area contributed by atoms with Crippen molar-refractivity contribution in [3.63, 3.8) is 0 Å². The number of nitrogens with one attached hydrogen (secondary N) is 1. The number of hydrogen-bond acceptors (Lipinski definition) is 5. The minimum absolute atomic E-state index is 0. The molecule has 0 radical (unpaired) electrons. The number of nitrogens with zero attached hydrogens (tertiary/aromatic N) is 1. The number of nitrogens with two attached hydrogens (primary N) is 2. The van der Waals surface area contributed by atoms with Crippen molar-refractivity contribution in [2.24, 2.45) is 16.5 Å². The van der Waals surface area contributed by atoms with Crippen LogP contribution >= 0.6 is 57.5 Å². The zero-order valence-electron chi connectivity index (χ0n) is 6.73. The van der Waals surface area contributed by atoms with Gasteiger partial charge in [-0.15, -0.1) is 34.0 Å². The van der Waals surface area contributed by atoms with Crippen LogP contribution in [-0.4, -0.2) is 27.9 Å². The molecule has 1 rings (SSSR count). The molecule has 1 heterocycles. The number of thioether (sulfide) groups is 2. The first-order chi connectivity index (χ1) is 5.18. The van der Waals surface area contributed by atoms with Crippen molar-refractivity contribution in [1.82, 2.24) is 0 Å². The molecular formula is C5H12Br2N4S2. The molecule has 0 bridgehead atoms. The second-order valence-corrected chi connectivity index (χ2v) is 4.48. The van der Waals surface area contributed by atoms with Crippen LogP contribution < -0.4 is 11.5 Å². The summed E-state index contributed by atoms with van der Waals surface area (Å²) >= 11 is 2.90. The molecule has 78 valence electrons. The van der Waals surface area contributed by atoms with E-state index in [1.807, 2.05) is 0 Å². The SMILES string of the molecule is Br.Br.N=C(N)SCC1CN=C(N)S1. The highest BCUT2D eigenvalue weighted by Crippen LogP contribution is 2.21. The second-order valence-electron chi connectivity index (χ2n) is 2.09. The summed E-state index contributed by atoms with van der Waals surface area (Å²) in [4.78, 5) is 4.03. The van der Waals surface area contributed by atoms with Gasteiger partial charge in [0.05, 0.1) is 6.54 Å². The molecule has 13 heavy (non-hydrogen) atoms. The first-order valence-electron chi connectivity index (χ1n) is 3.12. The lowest BCUT2D eigenvalue weighted by atomic mass is 10.5. The smallest absolute Gasteiger partial charge is 0.154 e.